The van der Waals surface area contributed by atoms with Crippen molar-refractivity contribution in [1.29, 1.82) is 5.26 Å². The topological polar surface area (TPSA) is 41.6 Å². The molecule has 0 aliphatic rings. The summed E-state index contributed by atoms with van der Waals surface area (Å²) in [5.74, 6) is 1.00. The van der Waals surface area contributed by atoms with Crippen molar-refractivity contribution in [1.82, 2.24) is 9.55 Å². The smallest absolute Gasteiger partial charge is 0.151 e. The average Bonchev–Trinajstić information content (AvgIpc) is 3.09. The summed E-state index contributed by atoms with van der Waals surface area (Å²) in [6.07, 6.45) is 1.05. The lowest BCUT2D eigenvalue weighted by Gasteiger charge is -2.03. The van der Waals surface area contributed by atoms with Gasteiger partial charge in [-0.1, -0.05) is 6.92 Å². The molecule has 0 radical (unpaired) electrons. The zero-order valence-corrected chi connectivity index (χ0v) is 12.4. The fraction of sp³-hybridized carbons (Fsp3) is 0.250. The molecule has 100 valence electrons. The first-order valence-electron chi connectivity index (χ1n) is 6.76. The Morgan fingerprint density at radius 1 is 1.25 bits per heavy atom. The summed E-state index contributed by atoms with van der Waals surface area (Å²) in [7, 11) is 0. The lowest BCUT2D eigenvalue weighted by Crippen LogP contribution is -1.96. The van der Waals surface area contributed by atoms with Crippen LogP contribution in [0.25, 0.3) is 21.7 Å². The number of hydrogen-bond donors (Lipinski definition) is 0. The number of fused-ring (bicyclic) bond motifs is 1. The number of aryl methyl sites for hydroxylation is 2. The van der Waals surface area contributed by atoms with E-state index < -0.39 is 0 Å². The minimum atomic E-state index is 0.658. The van der Waals surface area contributed by atoms with Gasteiger partial charge in [0.25, 0.3) is 0 Å². The molecule has 2 aromatic heterocycles. The van der Waals surface area contributed by atoms with Gasteiger partial charge in [0.2, 0.25) is 0 Å². The van der Waals surface area contributed by atoms with E-state index in [9.17, 15) is 0 Å². The van der Waals surface area contributed by atoms with Crippen LogP contribution in [-0.2, 0) is 13.0 Å². The molecular weight excluding hydrogens is 266 g/mol. The van der Waals surface area contributed by atoms with Gasteiger partial charge in [0.1, 0.15) is 0 Å². The second kappa shape index (κ2) is 5.10. The van der Waals surface area contributed by atoms with Crippen LogP contribution < -0.4 is 0 Å². The molecule has 1 aromatic carbocycles. The van der Waals surface area contributed by atoms with Crippen molar-refractivity contribution >= 4 is 22.4 Å². The molecule has 3 aromatic rings. The third-order valence-electron chi connectivity index (χ3n) is 3.42. The van der Waals surface area contributed by atoms with Gasteiger partial charge in [-0.3, -0.25) is 0 Å². The van der Waals surface area contributed by atoms with Gasteiger partial charge < -0.3 is 4.57 Å². The third kappa shape index (κ3) is 2.00. The molecule has 3 rings (SSSR count). The van der Waals surface area contributed by atoms with E-state index in [-0.39, 0.29) is 0 Å². The maximum absolute atomic E-state index is 9.00. The van der Waals surface area contributed by atoms with Crippen LogP contribution in [0.2, 0.25) is 0 Å². The summed E-state index contributed by atoms with van der Waals surface area (Å²) in [6, 6.07) is 12.2. The number of thiophene rings is 1. The van der Waals surface area contributed by atoms with E-state index in [4.69, 9.17) is 10.2 Å². The molecule has 0 unspecified atom stereocenters. The van der Waals surface area contributed by atoms with Gasteiger partial charge in [-0.05, 0) is 43.7 Å². The predicted molar refractivity (Wildman–Crippen MR) is 82.8 cm³/mol. The normalized spacial score (nSPS) is 10.8. The van der Waals surface area contributed by atoms with Crippen LogP contribution in [0.4, 0.5) is 0 Å². The highest BCUT2D eigenvalue weighted by Crippen LogP contribution is 2.31. The first-order valence-corrected chi connectivity index (χ1v) is 7.58. The van der Waals surface area contributed by atoms with Crippen molar-refractivity contribution in [2.45, 2.75) is 26.8 Å². The van der Waals surface area contributed by atoms with Crippen LogP contribution in [0, 0.1) is 11.3 Å². The van der Waals surface area contributed by atoms with Gasteiger partial charge >= 0.3 is 0 Å². The van der Waals surface area contributed by atoms with Crippen molar-refractivity contribution in [2.75, 3.05) is 0 Å². The molecule has 0 atom stereocenters. The molecule has 0 fully saturated rings. The Morgan fingerprint density at radius 3 is 2.75 bits per heavy atom. The average molecular weight is 281 g/mol. The molecule has 20 heavy (non-hydrogen) atoms. The minimum absolute atomic E-state index is 0.658. The Bertz CT molecular complexity index is 805. The highest BCUT2D eigenvalue weighted by Gasteiger charge is 2.13. The Hall–Kier alpha value is -2.12. The summed E-state index contributed by atoms with van der Waals surface area (Å²) in [5, 5.41) is 9.00. The van der Waals surface area contributed by atoms with E-state index in [1.165, 1.54) is 9.75 Å². The monoisotopic (exact) mass is 281 g/mol. The zero-order valence-electron chi connectivity index (χ0n) is 11.6. The van der Waals surface area contributed by atoms with Crippen LogP contribution in [0.5, 0.6) is 0 Å². The minimum Gasteiger partial charge on any atom is -0.324 e. The maximum Gasteiger partial charge on any atom is 0.151 e. The van der Waals surface area contributed by atoms with Crippen LogP contribution in [0.1, 0.15) is 24.3 Å². The van der Waals surface area contributed by atoms with E-state index in [1.54, 1.807) is 11.3 Å². The third-order valence-corrected chi connectivity index (χ3v) is 4.65. The fourth-order valence-electron chi connectivity index (χ4n) is 2.40. The molecule has 3 nitrogen and oxygen atoms in total. The van der Waals surface area contributed by atoms with Gasteiger partial charge in [0, 0.05) is 11.4 Å². The van der Waals surface area contributed by atoms with Crippen molar-refractivity contribution < 1.29 is 0 Å². The number of imidazole rings is 1. The van der Waals surface area contributed by atoms with Gasteiger partial charge in [-0.15, -0.1) is 11.3 Å². The standard InChI is InChI=1S/C16H15N3S/c1-3-12-6-8-15(20-12)16-18-13-9-11(10-17)5-7-14(13)19(16)4-2/h5-9H,3-4H2,1-2H3. The number of benzene rings is 1. The molecule has 4 heteroatoms. The molecule has 0 saturated carbocycles. The molecular formula is C16H15N3S. The zero-order chi connectivity index (χ0) is 14.1. The summed E-state index contributed by atoms with van der Waals surface area (Å²) in [6.45, 7) is 5.16. The quantitative estimate of drug-likeness (QED) is 0.721. The number of nitrogens with zero attached hydrogens (tertiary/aromatic N) is 3. The number of nitriles is 1. The number of rotatable bonds is 3. The SMILES string of the molecule is CCc1ccc(-c2nc3cc(C#N)ccc3n2CC)s1. The lowest BCUT2D eigenvalue weighted by molar-refractivity contribution is 0.798. The van der Waals surface area contributed by atoms with E-state index >= 15 is 0 Å². The Labute approximate surface area is 122 Å². The Morgan fingerprint density at radius 2 is 2.10 bits per heavy atom. The summed E-state index contributed by atoms with van der Waals surface area (Å²) in [5.41, 5.74) is 2.64. The van der Waals surface area contributed by atoms with Crippen LogP contribution in [0.15, 0.2) is 30.3 Å². The molecule has 0 saturated heterocycles. The van der Waals surface area contributed by atoms with Crippen molar-refractivity contribution in [3.63, 3.8) is 0 Å². The highest BCUT2D eigenvalue weighted by molar-refractivity contribution is 7.15. The maximum atomic E-state index is 9.00. The molecule has 0 bridgehead atoms. The number of aromatic nitrogens is 2. The van der Waals surface area contributed by atoms with Gasteiger partial charge in [-0.2, -0.15) is 5.26 Å². The van der Waals surface area contributed by atoms with E-state index in [2.05, 4.69) is 36.6 Å². The number of hydrogen-bond acceptors (Lipinski definition) is 3. The van der Waals surface area contributed by atoms with Crippen molar-refractivity contribution in [3.05, 3.63) is 40.8 Å². The van der Waals surface area contributed by atoms with Gasteiger partial charge in [0.15, 0.2) is 5.82 Å². The Balaban J connectivity index is 2.22. The fourth-order valence-corrected chi connectivity index (χ4v) is 3.34. The predicted octanol–water partition coefficient (Wildman–Crippen LogP) is 4.22. The Kier molecular flexibility index (Phi) is 3.29. The van der Waals surface area contributed by atoms with E-state index in [0.717, 1.165) is 29.8 Å². The second-order valence-corrected chi connectivity index (χ2v) is 5.78. The van der Waals surface area contributed by atoms with Crippen LogP contribution in [-0.4, -0.2) is 9.55 Å². The van der Waals surface area contributed by atoms with Crippen LogP contribution in [0.3, 0.4) is 0 Å². The van der Waals surface area contributed by atoms with E-state index in [1.807, 2.05) is 18.2 Å². The van der Waals surface area contributed by atoms with Crippen molar-refractivity contribution in [3.8, 4) is 16.8 Å². The molecule has 0 aliphatic carbocycles. The molecule has 0 aliphatic heterocycles. The van der Waals surface area contributed by atoms with E-state index in [0.29, 0.717) is 5.56 Å². The molecule has 2 heterocycles. The lowest BCUT2D eigenvalue weighted by atomic mass is 10.2. The summed E-state index contributed by atoms with van der Waals surface area (Å²) in [4.78, 5) is 7.29. The van der Waals surface area contributed by atoms with Crippen molar-refractivity contribution in [2.24, 2.45) is 0 Å². The largest absolute Gasteiger partial charge is 0.324 e. The summed E-state index contributed by atoms with van der Waals surface area (Å²) < 4.78 is 2.21. The first kappa shape index (κ1) is 12.9. The second-order valence-electron chi connectivity index (χ2n) is 4.61. The summed E-state index contributed by atoms with van der Waals surface area (Å²) >= 11 is 1.79. The molecule has 0 N–H and O–H groups in total. The molecule has 0 amide bonds. The highest BCUT2D eigenvalue weighted by atomic mass is 32.1. The first-order chi connectivity index (χ1) is 9.76. The van der Waals surface area contributed by atoms with Gasteiger partial charge in [0.05, 0.1) is 27.5 Å². The molecule has 0 spiro atoms. The van der Waals surface area contributed by atoms with Crippen LogP contribution >= 0.6 is 11.3 Å². The van der Waals surface area contributed by atoms with Gasteiger partial charge in [-0.25, -0.2) is 4.98 Å².